The predicted octanol–water partition coefficient (Wildman–Crippen LogP) is 2.45. The van der Waals surface area contributed by atoms with Gasteiger partial charge in [-0.15, -0.1) is 0 Å². The Kier molecular flexibility index (Phi) is 4.85. The number of allylic oxidation sites excluding steroid dienone is 2. The molecule has 0 aliphatic heterocycles. The number of rotatable bonds is 4. The zero-order valence-corrected chi connectivity index (χ0v) is 14.7. The Morgan fingerprint density at radius 3 is 1.89 bits per heavy atom. The first-order valence-electron chi connectivity index (χ1n) is 8.12. The van der Waals surface area contributed by atoms with Gasteiger partial charge in [0.05, 0.1) is 0 Å². The third-order valence-electron chi connectivity index (χ3n) is 3.77. The molecule has 0 heterocycles. The maximum atomic E-state index is 12.8. The Bertz CT molecular complexity index is 990. The Hall–Kier alpha value is -3.74. The monoisotopic (exact) mass is 364 g/mol. The number of carbonyl (C=O) groups excluding carboxylic acids is 4. The van der Waals surface area contributed by atoms with Crippen LogP contribution in [0.1, 0.15) is 34.6 Å². The second-order valence-electron chi connectivity index (χ2n) is 5.90. The van der Waals surface area contributed by atoms with E-state index in [9.17, 15) is 19.2 Å². The molecule has 2 aromatic carbocycles. The van der Waals surface area contributed by atoms with Crippen LogP contribution in [0.4, 0.5) is 5.69 Å². The van der Waals surface area contributed by atoms with Crippen molar-refractivity contribution in [2.75, 3.05) is 5.32 Å². The van der Waals surface area contributed by atoms with Crippen LogP contribution in [0.3, 0.4) is 0 Å². The first-order chi connectivity index (χ1) is 12.9. The fourth-order valence-corrected chi connectivity index (χ4v) is 2.67. The summed E-state index contributed by atoms with van der Waals surface area (Å²) in [4.78, 5) is 48.2. The van der Waals surface area contributed by atoms with Crippen molar-refractivity contribution in [1.82, 2.24) is 5.32 Å². The average Bonchev–Trinajstić information content (AvgIpc) is 2.63. The topological polar surface area (TPSA) is 102 Å². The molecule has 0 atom stereocenters. The van der Waals surface area contributed by atoms with Crippen LogP contribution in [0.2, 0.25) is 0 Å². The number of ether oxygens (including phenoxy) is 1. The van der Waals surface area contributed by atoms with E-state index in [1.807, 2.05) is 0 Å². The molecular weight excluding hydrogens is 348 g/mol. The van der Waals surface area contributed by atoms with Crippen LogP contribution < -0.4 is 15.4 Å². The van der Waals surface area contributed by atoms with E-state index in [-0.39, 0.29) is 34.2 Å². The molecule has 7 heteroatoms. The molecule has 27 heavy (non-hydrogen) atoms. The van der Waals surface area contributed by atoms with E-state index < -0.39 is 17.5 Å². The molecule has 0 saturated heterocycles. The largest absolute Gasteiger partial charge is 0.451 e. The second kappa shape index (κ2) is 7.25. The quantitative estimate of drug-likeness (QED) is 0.868. The molecule has 3 rings (SSSR count). The zero-order valence-electron chi connectivity index (χ0n) is 14.7. The van der Waals surface area contributed by atoms with Gasteiger partial charge in [0.15, 0.2) is 0 Å². The minimum atomic E-state index is -0.500. The van der Waals surface area contributed by atoms with Crippen LogP contribution in [0, 0.1) is 0 Å². The van der Waals surface area contributed by atoms with E-state index in [1.54, 1.807) is 36.4 Å². The summed E-state index contributed by atoms with van der Waals surface area (Å²) in [5, 5.41) is 5.01. The minimum absolute atomic E-state index is 0.197. The molecule has 0 fully saturated rings. The SMILES string of the molecule is CC(=O)NC1=C(Oc2ccc(NC(C)=O)cc2)C(=O)c2ccccc2C1=O. The van der Waals surface area contributed by atoms with Gasteiger partial charge in [-0.25, -0.2) is 0 Å². The van der Waals surface area contributed by atoms with E-state index in [2.05, 4.69) is 10.6 Å². The zero-order chi connectivity index (χ0) is 19.6. The van der Waals surface area contributed by atoms with Crippen molar-refractivity contribution in [1.29, 1.82) is 0 Å². The van der Waals surface area contributed by atoms with Gasteiger partial charge in [0.2, 0.25) is 29.1 Å². The highest BCUT2D eigenvalue weighted by Crippen LogP contribution is 2.28. The lowest BCUT2D eigenvalue weighted by molar-refractivity contribution is -0.118. The average molecular weight is 364 g/mol. The Morgan fingerprint density at radius 2 is 1.33 bits per heavy atom. The van der Waals surface area contributed by atoms with Crippen LogP contribution in [0.15, 0.2) is 60.0 Å². The Morgan fingerprint density at radius 1 is 0.778 bits per heavy atom. The van der Waals surface area contributed by atoms with E-state index in [1.165, 1.54) is 26.0 Å². The number of anilines is 1. The maximum Gasteiger partial charge on any atom is 0.231 e. The summed E-state index contributed by atoms with van der Waals surface area (Å²) in [6, 6.07) is 12.6. The number of benzene rings is 2. The molecule has 0 bridgehead atoms. The summed E-state index contributed by atoms with van der Waals surface area (Å²) in [5.74, 6) is -1.68. The van der Waals surface area contributed by atoms with Crippen LogP contribution in [0.5, 0.6) is 5.75 Å². The summed E-state index contributed by atoms with van der Waals surface area (Å²) < 4.78 is 5.65. The van der Waals surface area contributed by atoms with Crippen molar-refractivity contribution in [2.45, 2.75) is 13.8 Å². The first-order valence-corrected chi connectivity index (χ1v) is 8.12. The fraction of sp³-hybridized carbons (Fsp3) is 0.100. The molecule has 0 radical (unpaired) electrons. The van der Waals surface area contributed by atoms with Crippen LogP contribution >= 0.6 is 0 Å². The summed E-state index contributed by atoms with van der Waals surface area (Å²) in [7, 11) is 0. The van der Waals surface area contributed by atoms with Gasteiger partial charge in [0.25, 0.3) is 0 Å². The van der Waals surface area contributed by atoms with Crippen molar-refractivity contribution < 1.29 is 23.9 Å². The number of amides is 2. The van der Waals surface area contributed by atoms with Gasteiger partial charge >= 0.3 is 0 Å². The lowest BCUT2D eigenvalue weighted by atomic mass is 9.91. The lowest BCUT2D eigenvalue weighted by Crippen LogP contribution is -2.34. The molecule has 0 saturated carbocycles. The van der Waals surface area contributed by atoms with E-state index in [0.717, 1.165) is 0 Å². The molecule has 2 N–H and O–H groups in total. The molecule has 136 valence electrons. The molecule has 0 spiro atoms. The highest BCUT2D eigenvalue weighted by Gasteiger charge is 2.34. The Balaban J connectivity index is 1.99. The van der Waals surface area contributed by atoms with Gasteiger partial charge in [0.1, 0.15) is 11.4 Å². The molecule has 1 aliphatic rings. The molecular formula is C20H16N2O5. The highest BCUT2D eigenvalue weighted by molar-refractivity contribution is 6.26. The molecule has 0 aromatic heterocycles. The number of nitrogens with one attached hydrogen (secondary N) is 2. The Labute approximate surface area is 155 Å². The minimum Gasteiger partial charge on any atom is -0.451 e. The number of Topliss-reactive ketones (excluding diaryl/α,β-unsaturated/α-hetero) is 2. The van der Waals surface area contributed by atoms with Crippen LogP contribution in [-0.2, 0) is 9.59 Å². The van der Waals surface area contributed by atoms with Crippen molar-refractivity contribution in [3.63, 3.8) is 0 Å². The molecule has 2 aromatic rings. The summed E-state index contributed by atoms with van der Waals surface area (Å²) in [5.41, 5.74) is 0.778. The van der Waals surface area contributed by atoms with Gasteiger partial charge < -0.3 is 15.4 Å². The number of fused-ring (bicyclic) bond motifs is 1. The first kappa shape index (κ1) is 18.1. The third-order valence-corrected chi connectivity index (χ3v) is 3.77. The molecule has 7 nitrogen and oxygen atoms in total. The van der Waals surface area contributed by atoms with Gasteiger partial charge in [-0.3, -0.25) is 19.2 Å². The molecule has 1 aliphatic carbocycles. The second-order valence-corrected chi connectivity index (χ2v) is 5.90. The van der Waals surface area contributed by atoms with Crippen molar-refractivity contribution in [3.05, 3.63) is 71.1 Å². The van der Waals surface area contributed by atoms with E-state index in [0.29, 0.717) is 5.69 Å². The lowest BCUT2D eigenvalue weighted by Gasteiger charge is -2.21. The summed E-state index contributed by atoms with van der Waals surface area (Å²) in [6.45, 7) is 2.63. The van der Waals surface area contributed by atoms with Crippen molar-refractivity contribution in [2.24, 2.45) is 0 Å². The summed E-state index contributed by atoms with van der Waals surface area (Å²) in [6.07, 6.45) is 0. The number of hydrogen-bond donors (Lipinski definition) is 2. The van der Waals surface area contributed by atoms with Gasteiger partial charge in [-0.1, -0.05) is 24.3 Å². The highest BCUT2D eigenvalue weighted by atomic mass is 16.5. The standard InChI is InChI=1S/C20H16N2O5/c1-11(23)21-13-7-9-14(10-8-13)27-20-17(22-12(2)24)18(25)15-5-3-4-6-16(15)19(20)26/h3-10H,1-2H3,(H,21,23)(H,22,24). The van der Waals surface area contributed by atoms with Crippen LogP contribution in [-0.4, -0.2) is 23.4 Å². The predicted molar refractivity (Wildman–Crippen MR) is 97.3 cm³/mol. The van der Waals surface area contributed by atoms with Crippen molar-refractivity contribution >= 4 is 29.1 Å². The number of hydrogen-bond acceptors (Lipinski definition) is 5. The van der Waals surface area contributed by atoms with Crippen LogP contribution in [0.25, 0.3) is 0 Å². The fourth-order valence-electron chi connectivity index (χ4n) is 2.67. The van der Waals surface area contributed by atoms with Gasteiger partial charge in [-0.2, -0.15) is 0 Å². The van der Waals surface area contributed by atoms with Crippen molar-refractivity contribution in [3.8, 4) is 5.75 Å². The molecule has 0 unspecified atom stereocenters. The molecule has 2 amide bonds. The summed E-state index contributed by atoms with van der Waals surface area (Å²) >= 11 is 0. The van der Waals surface area contributed by atoms with Gasteiger partial charge in [-0.05, 0) is 24.3 Å². The third kappa shape index (κ3) is 3.77. The van der Waals surface area contributed by atoms with E-state index in [4.69, 9.17) is 4.74 Å². The van der Waals surface area contributed by atoms with Gasteiger partial charge in [0, 0.05) is 30.7 Å². The number of carbonyl (C=O) groups is 4. The van der Waals surface area contributed by atoms with E-state index >= 15 is 0 Å². The maximum absolute atomic E-state index is 12.8. The number of ketones is 2. The normalized spacial score (nSPS) is 13.1. The smallest absolute Gasteiger partial charge is 0.231 e.